The number of carboxylic acid groups (broad SMARTS) is 1. The van der Waals surface area contributed by atoms with Crippen molar-refractivity contribution in [2.45, 2.75) is 31.6 Å². The lowest BCUT2D eigenvalue weighted by Crippen LogP contribution is -2.43. The van der Waals surface area contributed by atoms with E-state index in [-0.39, 0.29) is 0 Å². The van der Waals surface area contributed by atoms with E-state index in [1.165, 1.54) is 5.56 Å². The predicted molar refractivity (Wildman–Crippen MR) is 71.9 cm³/mol. The number of aromatic nitrogens is 2. The molecule has 1 fully saturated rings. The van der Waals surface area contributed by atoms with Gasteiger partial charge in [0.05, 0.1) is 11.9 Å². The molecule has 0 amide bonds. The molecule has 1 aromatic carbocycles. The Bertz CT molecular complexity index is 627. The summed E-state index contributed by atoms with van der Waals surface area (Å²) < 4.78 is 0. The summed E-state index contributed by atoms with van der Waals surface area (Å²) in [6.45, 7) is 2.03. The quantitative estimate of drug-likeness (QED) is 0.887. The lowest BCUT2D eigenvalue weighted by molar-refractivity contribution is -0.147. The molecule has 1 saturated carbocycles. The molecule has 1 heterocycles. The molecular weight excluding hydrogens is 240 g/mol. The fourth-order valence-electron chi connectivity index (χ4n) is 2.61. The van der Waals surface area contributed by atoms with Crippen LogP contribution in [-0.2, 0) is 10.2 Å². The minimum absolute atomic E-state index is 0.586. The third-order valence-corrected chi connectivity index (χ3v) is 3.97. The lowest BCUT2D eigenvalue weighted by atomic mass is 9.68. The van der Waals surface area contributed by atoms with Gasteiger partial charge in [0, 0.05) is 0 Å². The molecule has 0 bridgehead atoms. The van der Waals surface area contributed by atoms with Gasteiger partial charge in [-0.2, -0.15) is 0 Å². The van der Waals surface area contributed by atoms with Crippen molar-refractivity contribution in [3.05, 3.63) is 41.9 Å². The third kappa shape index (κ3) is 1.84. The first-order chi connectivity index (χ1) is 9.12. The summed E-state index contributed by atoms with van der Waals surface area (Å²) in [4.78, 5) is 18.9. The number of H-pyrrole nitrogens is 1. The smallest absolute Gasteiger partial charge is 0.317 e. The molecule has 0 atom stereocenters. The average molecular weight is 256 g/mol. The number of rotatable bonds is 3. The van der Waals surface area contributed by atoms with Crippen molar-refractivity contribution in [3.63, 3.8) is 0 Å². The number of hydrogen-bond donors (Lipinski definition) is 2. The van der Waals surface area contributed by atoms with Gasteiger partial charge in [0.25, 0.3) is 0 Å². The Balaban J connectivity index is 1.98. The molecule has 0 radical (unpaired) electrons. The second kappa shape index (κ2) is 4.23. The van der Waals surface area contributed by atoms with E-state index in [4.69, 9.17) is 0 Å². The number of nitrogens with one attached hydrogen (secondary N) is 1. The fourth-order valence-corrected chi connectivity index (χ4v) is 2.61. The summed E-state index contributed by atoms with van der Waals surface area (Å²) in [5.41, 5.74) is 2.30. The average Bonchev–Trinajstić information content (AvgIpc) is 2.76. The Kier molecular flexibility index (Phi) is 2.66. The SMILES string of the molecule is Cc1cccc(-c2cnc(C3(C(=O)O)CCC3)[nH]2)c1. The van der Waals surface area contributed by atoms with Gasteiger partial charge in [0.15, 0.2) is 0 Å². The highest BCUT2D eigenvalue weighted by Gasteiger charge is 2.48. The Labute approximate surface area is 111 Å². The predicted octanol–water partition coefficient (Wildman–Crippen LogP) is 2.89. The van der Waals surface area contributed by atoms with Gasteiger partial charge in [0.2, 0.25) is 0 Å². The molecule has 0 aliphatic heterocycles. The van der Waals surface area contributed by atoms with Gasteiger partial charge in [-0.3, -0.25) is 4.79 Å². The molecule has 1 aliphatic carbocycles. The summed E-state index contributed by atoms with van der Waals surface area (Å²) in [5.74, 6) is -0.188. The van der Waals surface area contributed by atoms with Gasteiger partial charge in [0.1, 0.15) is 11.2 Å². The lowest BCUT2D eigenvalue weighted by Gasteiger charge is -2.35. The monoisotopic (exact) mass is 256 g/mol. The van der Waals surface area contributed by atoms with Crippen molar-refractivity contribution >= 4 is 5.97 Å². The highest BCUT2D eigenvalue weighted by Crippen LogP contribution is 2.43. The van der Waals surface area contributed by atoms with Gasteiger partial charge in [-0.1, -0.05) is 30.2 Å². The molecule has 0 saturated heterocycles. The Morgan fingerprint density at radius 2 is 2.21 bits per heavy atom. The normalized spacial score (nSPS) is 16.9. The van der Waals surface area contributed by atoms with Crippen LogP contribution in [0, 0.1) is 6.92 Å². The summed E-state index contributed by atoms with van der Waals surface area (Å²) in [5, 5.41) is 9.40. The molecule has 1 aromatic heterocycles. The summed E-state index contributed by atoms with van der Waals surface area (Å²) >= 11 is 0. The molecule has 1 aliphatic rings. The van der Waals surface area contributed by atoms with Crippen LogP contribution in [0.2, 0.25) is 0 Å². The van der Waals surface area contributed by atoms with Crippen LogP contribution in [0.4, 0.5) is 0 Å². The molecular formula is C15H16N2O2. The summed E-state index contributed by atoms with van der Waals surface area (Å²) in [6.07, 6.45) is 4.02. The Morgan fingerprint density at radius 3 is 2.79 bits per heavy atom. The van der Waals surface area contributed by atoms with Crippen molar-refractivity contribution in [1.82, 2.24) is 9.97 Å². The zero-order valence-corrected chi connectivity index (χ0v) is 10.8. The molecule has 4 heteroatoms. The minimum Gasteiger partial charge on any atom is -0.480 e. The maximum Gasteiger partial charge on any atom is 0.317 e. The molecule has 98 valence electrons. The summed E-state index contributed by atoms with van der Waals surface area (Å²) in [6, 6.07) is 8.08. The van der Waals surface area contributed by atoms with Crippen LogP contribution in [0.25, 0.3) is 11.3 Å². The van der Waals surface area contributed by atoms with Gasteiger partial charge >= 0.3 is 5.97 Å². The van der Waals surface area contributed by atoms with E-state index in [0.29, 0.717) is 18.7 Å². The minimum atomic E-state index is -0.790. The first-order valence-corrected chi connectivity index (χ1v) is 6.48. The van der Waals surface area contributed by atoms with Crippen molar-refractivity contribution < 1.29 is 9.90 Å². The van der Waals surface area contributed by atoms with Crippen LogP contribution in [0.15, 0.2) is 30.5 Å². The Morgan fingerprint density at radius 1 is 1.42 bits per heavy atom. The third-order valence-electron chi connectivity index (χ3n) is 3.97. The van der Waals surface area contributed by atoms with Crippen LogP contribution in [0.1, 0.15) is 30.7 Å². The van der Waals surface area contributed by atoms with Crippen LogP contribution in [0.5, 0.6) is 0 Å². The standard InChI is InChI=1S/C15H16N2O2/c1-10-4-2-5-11(8-10)12-9-16-13(17-12)15(14(18)19)6-3-7-15/h2,4-5,8-9H,3,6-7H2,1H3,(H,16,17)(H,18,19). The Hall–Kier alpha value is -2.10. The zero-order valence-electron chi connectivity index (χ0n) is 10.8. The molecule has 2 aromatic rings. The topological polar surface area (TPSA) is 66.0 Å². The maximum absolute atomic E-state index is 11.4. The number of aryl methyl sites for hydroxylation is 1. The summed E-state index contributed by atoms with van der Waals surface area (Å²) in [7, 11) is 0. The number of carboxylic acids is 1. The highest BCUT2D eigenvalue weighted by atomic mass is 16.4. The van der Waals surface area contributed by atoms with Crippen molar-refractivity contribution in [2.75, 3.05) is 0 Å². The maximum atomic E-state index is 11.4. The number of aliphatic carboxylic acids is 1. The van der Waals surface area contributed by atoms with Crippen LogP contribution in [0.3, 0.4) is 0 Å². The number of nitrogens with zero attached hydrogens (tertiary/aromatic N) is 1. The van der Waals surface area contributed by atoms with E-state index in [1.807, 2.05) is 25.1 Å². The molecule has 3 rings (SSSR count). The van der Waals surface area contributed by atoms with Gasteiger partial charge in [-0.15, -0.1) is 0 Å². The molecule has 2 N–H and O–H groups in total. The largest absolute Gasteiger partial charge is 0.480 e. The van der Waals surface area contributed by atoms with Gasteiger partial charge < -0.3 is 10.1 Å². The number of benzene rings is 1. The second-order valence-corrected chi connectivity index (χ2v) is 5.26. The zero-order chi connectivity index (χ0) is 13.5. The van der Waals surface area contributed by atoms with Crippen molar-refractivity contribution in [3.8, 4) is 11.3 Å². The molecule has 0 spiro atoms. The van der Waals surface area contributed by atoms with Gasteiger partial charge in [-0.05, 0) is 31.4 Å². The first-order valence-electron chi connectivity index (χ1n) is 6.48. The second-order valence-electron chi connectivity index (χ2n) is 5.26. The van der Waals surface area contributed by atoms with Crippen molar-refractivity contribution in [1.29, 1.82) is 0 Å². The number of imidazole rings is 1. The van der Waals surface area contributed by atoms with Crippen molar-refractivity contribution in [2.24, 2.45) is 0 Å². The molecule has 0 unspecified atom stereocenters. The van der Waals surface area contributed by atoms with E-state index in [9.17, 15) is 9.90 Å². The van der Waals surface area contributed by atoms with E-state index in [0.717, 1.165) is 17.7 Å². The van der Waals surface area contributed by atoms with E-state index in [2.05, 4.69) is 16.0 Å². The van der Waals surface area contributed by atoms with Crippen LogP contribution < -0.4 is 0 Å². The van der Waals surface area contributed by atoms with E-state index < -0.39 is 11.4 Å². The number of carbonyl (C=O) groups is 1. The van der Waals surface area contributed by atoms with E-state index in [1.54, 1.807) is 6.20 Å². The van der Waals surface area contributed by atoms with Crippen LogP contribution >= 0.6 is 0 Å². The van der Waals surface area contributed by atoms with Crippen LogP contribution in [-0.4, -0.2) is 21.0 Å². The van der Waals surface area contributed by atoms with E-state index >= 15 is 0 Å². The number of aromatic amines is 1. The fraction of sp³-hybridized carbons (Fsp3) is 0.333. The van der Waals surface area contributed by atoms with Gasteiger partial charge in [-0.25, -0.2) is 4.98 Å². The molecule has 4 nitrogen and oxygen atoms in total. The number of hydrogen-bond acceptors (Lipinski definition) is 2. The highest BCUT2D eigenvalue weighted by molar-refractivity contribution is 5.81. The molecule has 19 heavy (non-hydrogen) atoms. The first kappa shape index (κ1) is 12.0.